The molecule has 3 unspecified atom stereocenters. The van der Waals surface area contributed by atoms with Gasteiger partial charge >= 0.3 is 0 Å². The molecular weight excluding hydrogens is 370 g/mol. The van der Waals surface area contributed by atoms with Gasteiger partial charge in [-0.25, -0.2) is 4.98 Å². The van der Waals surface area contributed by atoms with Crippen LogP contribution in [0.5, 0.6) is 0 Å². The van der Waals surface area contributed by atoms with Crippen molar-refractivity contribution >= 4 is 16.7 Å². The van der Waals surface area contributed by atoms with E-state index < -0.39 is 0 Å². The molecule has 9 nitrogen and oxygen atoms in total. The summed E-state index contributed by atoms with van der Waals surface area (Å²) in [5.74, 6) is 2.35. The van der Waals surface area contributed by atoms with Gasteiger partial charge in [-0.2, -0.15) is 9.67 Å². The Morgan fingerprint density at radius 3 is 2.90 bits per heavy atom. The van der Waals surface area contributed by atoms with E-state index in [0.717, 1.165) is 6.42 Å². The van der Waals surface area contributed by atoms with E-state index in [1.54, 1.807) is 17.9 Å². The van der Waals surface area contributed by atoms with E-state index in [2.05, 4.69) is 55.8 Å². The fourth-order valence-corrected chi connectivity index (χ4v) is 4.37. The van der Waals surface area contributed by atoms with E-state index in [-0.39, 0.29) is 12.1 Å². The lowest BCUT2D eigenvalue weighted by molar-refractivity contribution is 0.356. The standard InChI is InChI=1S/C20H17N7O2/c1-26-10-21-19-17(26)20(28)27(25-23-19)9-15-22-18(24-29-15)16-13-7-12(8-14(13)16)11-5-3-2-4-6-11/h2-7,10,13-14,16H,8-9H2,1H3. The molecule has 1 fully saturated rings. The second-order valence-electron chi connectivity index (χ2n) is 7.66. The third-order valence-electron chi connectivity index (χ3n) is 5.89. The first kappa shape index (κ1) is 16.3. The number of aromatic nitrogens is 7. The quantitative estimate of drug-likeness (QED) is 0.525. The van der Waals surface area contributed by atoms with Crippen LogP contribution in [0.15, 0.2) is 52.1 Å². The maximum Gasteiger partial charge on any atom is 0.296 e. The van der Waals surface area contributed by atoms with Crippen molar-refractivity contribution in [3.8, 4) is 0 Å². The zero-order chi connectivity index (χ0) is 19.5. The van der Waals surface area contributed by atoms with Gasteiger partial charge in [0.15, 0.2) is 11.3 Å². The molecule has 0 radical (unpaired) electrons. The van der Waals surface area contributed by atoms with E-state index in [4.69, 9.17) is 4.52 Å². The van der Waals surface area contributed by atoms with E-state index in [0.29, 0.717) is 40.6 Å². The molecule has 3 atom stereocenters. The summed E-state index contributed by atoms with van der Waals surface area (Å²) in [6.07, 6.45) is 4.91. The van der Waals surface area contributed by atoms with Crippen LogP contribution in [-0.4, -0.2) is 34.7 Å². The van der Waals surface area contributed by atoms with Gasteiger partial charge in [-0.3, -0.25) is 4.79 Å². The molecule has 2 aliphatic rings. The van der Waals surface area contributed by atoms with E-state index in [9.17, 15) is 4.79 Å². The zero-order valence-electron chi connectivity index (χ0n) is 15.6. The topological polar surface area (TPSA) is 105 Å². The van der Waals surface area contributed by atoms with E-state index in [1.165, 1.54) is 15.8 Å². The number of hydrogen-bond acceptors (Lipinski definition) is 7. The molecule has 2 aliphatic carbocycles. The van der Waals surface area contributed by atoms with Gasteiger partial charge in [-0.15, -0.1) is 5.10 Å². The van der Waals surface area contributed by atoms with Gasteiger partial charge in [0, 0.05) is 13.0 Å². The van der Waals surface area contributed by atoms with Crippen molar-refractivity contribution < 1.29 is 4.52 Å². The number of benzene rings is 1. The second-order valence-corrected chi connectivity index (χ2v) is 7.66. The van der Waals surface area contributed by atoms with Crippen LogP contribution in [0.1, 0.15) is 29.6 Å². The van der Waals surface area contributed by atoms with Crippen LogP contribution < -0.4 is 5.56 Å². The zero-order valence-corrected chi connectivity index (χ0v) is 15.6. The number of fused-ring (bicyclic) bond motifs is 2. The first-order chi connectivity index (χ1) is 14.2. The summed E-state index contributed by atoms with van der Waals surface area (Å²) >= 11 is 0. The highest BCUT2D eigenvalue weighted by molar-refractivity contribution is 5.70. The fourth-order valence-electron chi connectivity index (χ4n) is 4.37. The van der Waals surface area contributed by atoms with Gasteiger partial charge in [-0.1, -0.05) is 46.8 Å². The lowest BCUT2D eigenvalue weighted by atomic mass is 10.0. The molecule has 3 heterocycles. The van der Waals surface area contributed by atoms with Crippen LogP contribution in [0.2, 0.25) is 0 Å². The number of nitrogens with zero attached hydrogens (tertiary/aromatic N) is 7. The Hall–Kier alpha value is -3.62. The average molecular weight is 387 g/mol. The largest absolute Gasteiger partial charge is 0.337 e. The van der Waals surface area contributed by atoms with Crippen molar-refractivity contribution in [3.05, 3.63) is 70.4 Å². The molecular formula is C20H17N7O2. The maximum atomic E-state index is 12.6. The van der Waals surface area contributed by atoms with Crippen molar-refractivity contribution in [1.29, 1.82) is 0 Å². The Kier molecular flexibility index (Phi) is 3.35. The molecule has 9 heteroatoms. The lowest BCUT2D eigenvalue weighted by Gasteiger charge is -2.04. The third-order valence-corrected chi connectivity index (χ3v) is 5.89. The maximum absolute atomic E-state index is 12.6. The molecule has 0 aliphatic heterocycles. The molecule has 3 aromatic heterocycles. The molecule has 0 N–H and O–H groups in total. The Labute approximate surface area is 164 Å². The Morgan fingerprint density at radius 1 is 1.24 bits per heavy atom. The highest BCUT2D eigenvalue weighted by Gasteiger charge is 2.55. The van der Waals surface area contributed by atoms with Gasteiger partial charge in [0.2, 0.25) is 11.5 Å². The van der Waals surface area contributed by atoms with Gasteiger partial charge in [0.1, 0.15) is 6.54 Å². The van der Waals surface area contributed by atoms with Crippen molar-refractivity contribution in [1.82, 2.24) is 34.7 Å². The van der Waals surface area contributed by atoms with E-state index >= 15 is 0 Å². The minimum absolute atomic E-state index is 0.0904. The molecule has 1 saturated carbocycles. The molecule has 144 valence electrons. The number of aryl methyl sites for hydroxylation is 1. The summed E-state index contributed by atoms with van der Waals surface area (Å²) in [6, 6.07) is 10.5. The first-order valence-electron chi connectivity index (χ1n) is 9.52. The summed E-state index contributed by atoms with van der Waals surface area (Å²) in [4.78, 5) is 21.2. The normalized spacial score (nSPS) is 22.7. The van der Waals surface area contributed by atoms with Crippen molar-refractivity contribution in [2.45, 2.75) is 18.9 Å². The minimum Gasteiger partial charge on any atom is -0.337 e. The molecule has 0 bridgehead atoms. The summed E-state index contributed by atoms with van der Waals surface area (Å²) in [7, 11) is 1.75. The van der Waals surface area contributed by atoms with Gasteiger partial charge in [0.25, 0.3) is 5.56 Å². The van der Waals surface area contributed by atoms with Crippen LogP contribution in [0.3, 0.4) is 0 Å². The molecule has 29 heavy (non-hydrogen) atoms. The predicted octanol–water partition coefficient (Wildman–Crippen LogP) is 1.77. The smallest absolute Gasteiger partial charge is 0.296 e. The Morgan fingerprint density at radius 2 is 2.10 bits per heavy atom. The predicted molar refractivity (Wildman–Crippen MR) is 103 cm³/mol. The number of rotatable bonds is 4. The molecule has 0 amide bonds. The highest BCUT2D eigenvalue weighted by Crippen LogP contribution is 2.62. The van der Waals surface area contributed by atoms with Crippen molar-refractivity contribution in [2.24, 2.45) is 18.9 Å². The average Bonchev–Trinajstić information content (AvgIpc) is 3.16. The van der Waals surface area contributed by atoms with Crippen LogP contribution in [0, 0.1) is 11.8 Å². The molecule has 0 saturated heterocycles. The Balaban J connectivity index is 1.22. The summed E-state index contributed by atoms with van der Waals surface area (Å²) < 4.78 is 8.25. The molecule has 0 spiro atoms. The highest BCUT2D eigenvalue weighted by atomic mass is 16.5. The van der Waals surface area contributed by atoms with Gasteiger partial charge in [-0.05, 0) is 29.4 Å². The summed E-state index contributed by atoms with van der Waals surface area (Å²) in [6.45, 7) is 0.0904. The summed E-state index contributed by atoms with van der Waals surface area (Å²) in [5.41, 5.74) is 3.12. The number of hydrogen-bond donors (Lipinski definition) is 0. The monoisotopic (exact) mass is 387 g/mol. The van der Waals surface area contributed by atoms with Gasteiger partial charge in [0.05, 0.1) is 6.33 Å². The van der Waals surface area contributed by atoms with Crippen molar-refractivity contribution in [2.75, 3.05) is 0 Å². The first-order valence-corrected chi connectivity index (χ1v) is 9.52. The lowest BCUT2D eigenvalue weighted by Crippen LogP contribution is -2.26. The summed E-state index contributed by atoms with van der Waals surface area (Å²) in [5, 5.41) is 12.1. The molecule has 1 aromatic carbocycles. The SMILES string of the molecule is Cn1cnc2nnn(Cc3nc(C4C5C=C(c6ccccc6)CC54)no3)c(=O)c21. The Bertz CT molecular complexity index is 1320. The van der Waals surface area contributed by atoms with Crippen LogP contribution in [-0.2, 0) is 13.6 Å². The second kappa shape index (κ2) is 5.94. The van der Waals surface area contributed by atoms with Gasteiger partial charge < -0.3 is 9.09 Å². The van der Waals surface area contributed by atoms with Crippen LogP contribution in [0.4, 0.5) is 0 Å². The van der Waals surface area contributed by atoms with Crippen LogP contribution in [0.25, 0.3) is 16.7 Å². The third kappa shape index (κ3) is 2.54. The fraction of sp³-hybridized carbons (Fsp3) is 0.300. The molecule has 4 aromatic rings. The minimum atomic E-state index is -0.284. The van der Waals surface area contributed by atoms with Crippen molar-refractivity contribution in [3.63, 3.8) is 0 Å². The molecule has 6 rings (SSSR count). The van der Waals surface area contributed by atoms with Crippen LogP contribution >= 0.6 is 0 Å². The number of allylic oxidation sites excluding steroid dienone is 2. The van der Waals surface area contributed by atoms with E-state index in [1.807, 2.05) is 6.07 Å². The number of imidazole rings is 1.